The number of aryl methyl sites for hydroxylation is 1. The number of rotatable bonds is 5. The number of anilines is 1. The Morgan fingerprint density at radius 3 is 2.78 bits per heavy atom. The first kappa shape index (κ1) is 17.4. The van der Waals surface area contributed by atoms with Gasteiger partial charge in [0.1, 0.15) is 0 Å². The van der Waals surface area contributed by atoms with Crippen LogP contribution in [0.5, 0.6) is 0 Å². The summed E-state index contributed by atoms with van der Waals surface area (Å²) < 4.78 is 0. The van der Waals surface area contributed by atoms with E-state index in [4.69, 9.17) is 0 Å². The summed E-state index contributed by atoms with van der Waals surface area (Å²) in [6.07, 6.45) is 1.09. The lowest BCUT2D eigenvalue weighted by molar-refractivity contribution is -0.115. The van der Waals surface area contributed by atoms with Crippen LogP contribution >= 0.6 is 11.3 Å². The molecule has 0 spiro atoms. The molecule has 0 unspecified atom stereocenters. The molecule has 1 aliphatic rings. The number of thiazole rings is 1. The summed E-state index contributed by atoms with van der Waals surface area (Å²) in [5.74, 6) is -0.148. The van der Waals surface area contributed by atoms with E-state index >= 15 is 0 Å². The van der Waals surface area contributed by atoms with Crippen LogP contribution < -0.4 is 10.6 Å². The molecule has 0 saturated carbocycles. The van der Waals surface area contributed by atoms with Crippen LogP contribution in [0.15, 0.2) is 47.8 Å². The van der Waals surface area contributed by atoms with E-state index < -0.39 is 0 Å². The molecule has 0 radical (unpaired) electrons. The quantitative estimate of drug-likeness (QED) is 0.714. The third kappa shape index (κ3) is 3.90. The van der Waals surface area contributed by atoms with Gasteiger partial charge >= 0.3 is 0 Å². The van der Waals surface area contributed by atoms with Gasteiger partial charge in [-0.2, -0.15) is 0 Å². The number of nitrogens with one attached hydrogen (secondary N) is 2. The van der Waals surface area contributed by atoms with Crippen LogP contribution in [0.2, 0.25) is 0 Å². The van der Waals surface area contributed by atoms with Crippen molar-refractivity contribution in [3.8, 4) is 11.3 Å². The summed E-state index contributed by atoms with van der Waals surface area (Å²) in [6, 6.07) is 13.6. The molecule has 3 aromatic rings. The largest absolute Gasteiger partial charge is 0.352 e. The van der Waals surface area contributed by atoms with Crippen LogP contribution in [0, 0.1) is 6.92 Å². The van der Waals surface area contributed by atoms with Crippen molar-refractivity contribution in [1.29, 1.82) is 0 Å². The van der Waals surface area contributed by atoms with Gasteiger partial charge in [-0.3, -0.25) is 9.59 Å². The van der Waals surface area contributed by atoms with Gasteiger partial charge in [-0.25, -0.2) is 4.98 Å². The molecule has 4 rings (SSSR count). The Kier molecular flexibility index (Phi) is 4.73. The maximum atomic E-state index is 12.3. The number of aromatic nitrogens is 1. The molecule has 2 aromatic carbocycles. The SMILES string of the molecule is Cc1nc(-c2ccc(CCNC(=O)c3ccc4c(c3)CC(=O)N4)cc2)cs1. The average molecular weight is 377 g/mol. The van der Waals surface area contributed by atoms with Crippen molar-refractivity contribution in [1.82, 2.24) is 10.3 Å². The van der Waals surface area contributed by atoms with Crippen LogP contribution in [-0.4, -0.2) is 23.3 Å². The molecule has 2 amide bonds. The predicted octanol–water partition coefficient (Wildman–Crippen LogP) is 3.59. The van der Waals surface area contributed by atoms with E-state index in [0.29, 0.717) is 18.5 Å². The van der Waals surface area contributed by atoms with E-state index in [2.05, 4.69) is 45.3 Å². The van der Waals surface area contributed by atoms with Crippen LogP contribution in [-0.2, 0) is 17.6 Å². The molecule has 5 nitrogen and oxygen atoms in total. The molecular formula is C21H19N3O2S. The highest BCUT2D eigenvalue weighted by Gasteiger charge is 2.18. The Bertz CT molecular complexity index is 1010. The van der Waals surface area contributed by atoms with E-state index in [9.17, 15) is 9.59 Å². The summed E-state index contributed by atoms with van der Waals surface area (Å²) in [4.78, 5) is 28.2. The minimum absolute atomic E-state index is 0.0289. The van der Waals surface area contributed by atoms with Crippen molar-refractivity contribution in [3.63, 3.8) is 0 Å². The molecule has 1 aromatic heterocycles. The standard InChI is InChI=1S/C21H19N3O2S/c1-13-23-19(12-27-13)15-4-2-14(3-5-15)8-9-22-21(26)16-6-7-18-17(10-16)11-20(25)24-18/h2-7,10,12H,8-9,11H2,1H3,(H,22,26)(H,24,25). The maximum Gasteiger partial charge on any atom is 0.251 e. The van der Waals surface area contributed by atoms with E-state index in [-0.39, 0.29) is 11.8 Å². The molecule has 136 valence electrons. The van der Waals surface area contributed by atoms with Gasteiger partial charge in [-0.05, 0) is 42.7 Å². The Morgan fingerprint density at radius 1 is 1.22 bits per heavy atom. The monoisotopic (exact) mass is 377 g/mol. The van der Waals surface area contributed by atoms with Crippen molar-refractivity contribution in [3.05, 3.63) is 69.5 Å². The zero-order valence-electron chi connectivity index (χ0n) is 14.9. The molecule has 0 fully saturated rings. The van der Waals surface area contributed by atoms with Gasteiger partial charge in [0.25, 0.3) is 5.91 Å². The number of amides is 2. The Morgan fingerprint density at radius 2 is 2.04 bits per heavy atom. The second kappa shape index (κ2) is 7.32. The lowest BCUT2D eigenvalue weighted by Gasteiger charge is -2.07. The molecule has 0 aliphatic carbocycles. The molecule has 2 N–H and O–H groups in total. The van der Waals surface area contributed by atoms with Gasteiger partial charge in [0, 0.05) is 28.7 Å². The van der Waals surface area contributed by atoms with Crippen molar-refractivity contribution < 1.29 is 9.59 Å². The number of hydrogen-bond acceptors (Lipinski definition) is 4. The smallest absolute Gasteiger partial charge is 0.251 e. The third-order valence-electron chi connectivity index (χ3n) is 4.56. The van der Waals surface area contributed by atoms with Crippen molar-refractivity contribution in [2.75, 3.05) is 11.9 Å². The van der Waals surface area contributed by atoms with E-state index in [1.165, 1.54) is 0 Å². The normalized spacial score (nSPS) is 12.6. The predicted molar refractivity (Wildman–Crippen MR) is 107 cm³/mol. The molecule has 0 bridgehead atoms. The summed E-state index contributed by atoms with van der Waals surface area (Å²) in [5, 5.41) is 8.83. The van der Waals surface area contributed by atoms with Gasteiger partial charge in [-0.15, -0.1) is 11.3 Å². The molecular weight excluding hydrogens is 358 g/mol. The molecule has 0 atom stereocenters. The first-order valence-corrected chi connectivity index (χ1v) is 9.69. The van der Waals surface area contributed by atoms with Crippen LogP contribution in [0.25, 0.3) is 11.3 Å². The van der Waals surface area contributed by atoms with Crippen molar-refractivity contribution in [2.45, 2.75) is 19.8 Å². The van der Waals surface area contributed by atoms with Crippen LogP contribution in [0.1, 0.15) is 26.5 Å². The minimum atomic E-state index is -0.119. The van der Waals surface area contributed by atoms with Crippen LogP contribution in [0.3, 0.4) is 0 Å². The number of hydrogen-bond donors (Lipinski definition) is 2. The van der Waals surface area contributed by atoms with Crippen molar-refractivity contribution >= 4 is 28.8 Å². The number of fused-ring (bicyclic) bond motifs is 1. The Hall–Kier alpha value is -2.99. The number of carbonyl (C=O) groups is 2. The fraction of sp³-hybridized carbons (Fsp3) is 0.190. The average Bonchev–Trinajstić information content (AvgIpc) is 3.26. The maximum absolute atomic E-state index is 12.3. The first-order chi connectivity index (χ1) is 13.1. The van der Waals surface area contributed by atoms with Crippen molar-refractivity contribution in [2.24, 2.45) is 0 Å². The van der Waals surface area contributed by atoms with E-state index in [1.807, 2.05) is 6.92 Å². The summed E-state index contributed by atoms with van der Waals surface area (Å²) >= 11 is 1.64. The molecule has 0 saturated heterocycles. The van der Waals surface area contributed by atoms with Gasteiger partial charge in [-0.1, -0.05) is 24.3 Å². The second-order valence-corrected chi connectivity index (χ2v) is 7.61. The summed E-state index contributed by atoms with van der Waals surface area (Å²) in [7, 11) is 0. The topological polar surface area (TPSA) is 71.1 Å². The highest BCUT2D eigenvalue weighted by molar-refractivity contribution is 7.09. The van der Waals surface area contributed by atoms with Gasteiger partial charge in [0.05, 0.1) is 17.1 Å². The summed E-state index contributed by atoms with van der Waals surface area (Å²) in [6.45, 7) is 2.56. The molecule has 2 heterocycles. The summed E-state index contributed by atoms with van der Waals surface area (Å²) in [5.41, 5.74) is 5.53. The fourth-order valence-corrected chi connectivity index (χ4v) is 3.75. The highest BCUT2D eigenvalue weighted by Crippen LogP contribution is 2.24. The molecule has 6 heteroatoms. The lowest BCUT2D eigenvalue weighted by atomic mass is 10.1. The number of nitrogens with zero attached hydrogens (tertiary/aromatic N) is 1. The number of benzene rings is 2. The zero-order valence-corrected chi connectivity index (χ0v) is 15.7. The Labute approximate surface area is 161 Å². The van der Waals surface area contributed by atoms with Gasteiger partial charge < -0.3 is 10.6 Å². The third-order valence-corrected chi connectivity index (χ3v) is 5.33. The van der Waals surface area contributed by atoms with E-state index in [0.717, 1.165) is 39.5 Å². The van der Waals surface area contributed by atoms with Crippen LogP contribution in [0.4, 0.5) is 5.69 Å². The number of carbonyl (C=O) groups excluding carboxylic acids is 2. The molecule has 1 aliphatic heterocycles. The lowest BCUT2D eigenvalue weighted by Crippen LogP contribution is -2.25. The Balaban J connectivity index is 1.32. The van der Waals surface area contributed by atoms with E-state index in [1.54, 1.807) is 29.5 Å². The van der Waals surface area contributed by atoms with Gasteiger partial charge in [0.2, 0.25) is 5.91 Å². The van der Waals surface area contributed by atoms with Gasteiger partial charge in [0.15, 0.2) is 0 Å². The second-order valence-electron chi connectivity index (χ2n) is 6.55. The highest BCUT2D eigenvalue weighted by atomic mass is 32.1. The zero-order chi connectivity index (χ0) is 18.8. The first-order valence-electron chi connectivity index (χ1n) is 8.81. The minimum Gasteiger partial charge on any atom is -0.352 e. The molecule has 27 heavy (non-hydrogen) atoms. The fourth-order valence-electron chi connectivity index (χ4n) is 3.13.